The van der Waals surface area contributed by atoms with Crippen LogP contribution >= 0.6 is 0 Å². The lowest BCUT2D eigenvalue weighted by atomic mass is 9.88. The summed E-state index contributed by atoms with van der Waals surface area (Å²) in [4.78, 5) is 14.4. The van der Waals surface area contributed by atoms with Crippen molar-refractivity contribution in [2.45, 2.75) is 32.6 Å². The van der Waals surface area contributed by atoms with Gasteiger partial charge in [0.25, 0.3) is 10.2 Å². The first-order chi connectivity index (χ1) is 11.5. The fourth-order valence-corrected chi connectivity index (χ4v) is 5.40. The molecular formula is C16H30N4O3S. The van der Waals surface area contributed by atoms with Crippen LogP contribution in [-0.2, 0) is 15.0 Å². The van der Waals surface area contributed by atoms with E-state index in [1.165, 1.54) is 0 Å². The lowest BCUT2D eigenvalue weighted by molar-refractivity contribution is -0.138. The Hall–Kier alpha value is -0.700. The monoisotopic (exact) mass is 358 g/mol. The Morgan fingerprint density at radius 1 is 0.917 bits per heavy atom. The fourth-order valence-electron chi connectivity index (χ4n) is 3.73. The molecule has 138 valence electrons. The van der Waals surface area contributed by atoms with Crippen molar-refractivity contribution in [1.29, 1.82) is 0 Å². The van der Waals surface area contributed by atoms with Gasteiger partial charge in [-0.15, -0.1) is 0 Å². The standard InChI is InChI=1S/C16H30N4O3S/c1-14(15-12-17-13-15)16(21)18-8-10-20(11-9-18)24(22,23)19-6-4-2-3-5-7-19/h14-15,17H,2-13H2,1H3. The van der Waals surface area contributed by atoms with Gasteiger partial charge in [0, 0.05) is 45.2 Å². The van der Waals surface area contributed by atoms with Gasteiger partial charge in [0.1, 0.15) is 0 Å². The van der Waals surface area contributed by atoms with Crippen LogP contribution in [-0.4, -0.2) is 80.2 Å². The molecule has 0 spiro atoms. The smallest absolute Gasteiger partial charge is 0.282 e. The molecule has 0 aliphatic carbocycles. The van der Waals surface area contributed by atoms with Crippen molar-refractivity contribution in [1.82, 2.24) is 18.8 Å². The molecule has 3 aliphatic heterocycles. The summed E-state index contributed by atoms with van der Waals surface area (Å²) in [5.74, 6) is 0.629. The molecule has 0 aromatic carbocycles. The third-order valence-corrected chi connectivity index (χ3v) is 7.71. The zero-order valence-electron chi connectivity index (χ0n) is 14.6. The minimum Gasteiger partial charge on any atom is -0.340 e. The largest absolute Gasteiger partial charge is 0.340 e. The van der Waals surface area contributed by atoms with E-state index in [9.17, 15) is 13.2 Å². The fraction of sp³-hybridized carbons (Fsp3) is 0.938. The summed E-state index contributed by atoms with van der Waals surface area (Å²) >= 11 is 0. The molecule has 1 amide bonds. The number of hydrogen-bond acceptors (Lipinski definition) is 4. The van der Waals surface area contributed by atoms with Gasteiger partial charge < -0.3 is 10.2 Å². The second kappa shape index (κ2) is 7.68. The third kappa shape index (κ3) is 3.76. The molecule has 1 unspecified atom stereocenters. The first-order valence-corrected chi connectivity index (χ1v) is 10.6. The van der Waals surface area contributed by atoms with Crippen molar-refractivity contribution in [3.05, 3.63) is 0 Å². The Morgan fingerprint density at radius 2 is 1.46 bits per heavy atom. The van der Waals surface area contributed by atoms with Crippen LogP contribution in [0.3, 0.4) is 0 Å². The summed E-state index contributed by atoms with van der Waals surface area (Å²) in [6.07, 6.45) is 4.12. The zero-order valence-corrected chi connectivity index (χ0v) is 15.4. The summed E-state index contributed by atoms with van der Waals surface area (Å²) in [6.45, 7) is 6.94. The van der Waals surface area contributed by atoms with Gasteiger partial charge in [-0.25, -0.2) is 0 Å². The Kier molecular flexibility index (Phi) is 5.79. The maximum Gasteiger partial charge on any atom is 0.282 e. The summed E-state index contributed by atoms with van der Waals surface area (Å²) < 4.78 is 28.8. The highest BCUT2D eigenvalue weighted by Gasteiger charge is 2.36. The number of amides is 1. The van der Waals surface area contributed by atoms with E-state index in [1.54, 1.807) is 8.61 Å². The van der Waals surface area contributed by atoms with Crippen LogP contribution in [0.25, 0.3) is 0 Å². The van der Waals surface area contributed by atoms with Crippen molar-refractivity contribution in [3.8, 4) is 0 Å². The number of piperazine rings is 1. The molecule has 0 aromatic rings. The van der Waals surface area contributed by atoms with E-state index in [0.29, 0.717) is 45.2 Å². The van der Waals surface area contributed by atoms with Crippen molar-refractivity contribution in [2.24, 2.45) is 11.8 Å². The molecule has 3 heterocycles. The van der Waals surface area contributed by atoms with Crippen molar-refractivity contribution >= 4 is 16.1 Å². The molecule has 0 saturated carbocycles. The minimum atomic E-state index is -3.37. The SMILES string of the molecule is CC(C(=O)N1CCN(S(=O)(=O)N2CCCCCC2)CC1)C1CNC1. The van der Waals surface area contributed by atoms with Gasteiger partial charge in [0.2, 0.25) is 5.91 Å². The van der Waals surface area contributed by atoms with Crippen LogP contribution in [0.5, 0.6) is 0 Å². The molecule has 7 nitrogen and oxygen atoms in total. The van der Waals surface area contributed by atoms with Crippen LogP contribution in [0.2, 0.25) is 0 Å². The molecular weight excluding hydrogens is 328 g/mol. The molecule has 3 aliphatic rings. The summed E-state index contributed by atoms with van der Waals surface area (Å²) in [7, 11) is -3.37. The molecule has 0 radical (unpaired) electrons. The van der Waals surface area contributed by atoms with E-state index in [2.05, 4.69) is 5.32 Å². The summed E-state index contributed by atoms with van der Waals surface area (Å²) in [5, 5.41) is 3.20. The van der Waals surface area contributed by atoms with E-state index >= 15 is 0 Å². The predicted octanol–water partition coefficient (Wildman–Crippen LogP) is 0.107. The first kappa shape index (κ1) is 18.1. The molecule has 0 bridgehead atoms. The third-order valence-electron chi connectivity index (χ3n) is 5.68. The van der Waals surface area contributed by atoms with Gasteiger partial charge in [0.05, 0.1) is 0 Å². The van der Waals surface area contributed by atoms with Crippen molar-refractivity contribution < 1.29 is 13.2 Å². The van der Waals surface area contributed by atoms with Gasteiger partial charge in [0.15, 0.2) is 0 Å². The highest BCUT2D eigenvalue weighted by molar-refractivity contribution is 7.86. The summed E-state index contributed by atoms with van der Waals surface area (Å²) in [6, 6.07) is 0. The number of carbonyl (C=O) groups excluding carboxylic acids is 1. The number of hydrogen-bond donors (Lipinski definition) is 1. The molecule has 1 atom stereocenters. The number of carbonyl (C=O) groups is 1. The highest BCUT2D eigenvalue weighted by Crippen LogP contribution is 2.21. The molecule has 3 saturated heterocycles. The van der Waals surface area contributed by atoms with Gasteiger partial charge in [-0.1, -0.05) is 19.8 Å². The molecule has 0 aromatic heterocycles. The Labute approximate surface area is 145 Å². The van der Waals surface area contributed by atoms with Crippen LogP contribution in [0.4, 0.5) is 0 Å². The predicted molar refractivity (Wildman–Crippen MR) is 92.6 cm³/mol. The Morgan fingerprint density at radius 3 is 1.96 bits per heavy atom. The van der Waals surface area contributed by atoms with Crippen LogP contribution in [0, 0.1) is 11.8 Å². The molecule has 1 N–H and O–H groups in total. The van der Waals surface area contributed by atoms with Crippen LogP contribution in [0.1, 0.15) is 32.6 Å². The lowest BCUT2D eigenvalue weighted by Gasteiger charge is -2.39. The van der Waals surface area contributed by atoms with Gasteiger partial charge in [-0.2, -0.15) is 17.0 Å². The first-order valence-electron chi connectivity index (χ1n) is 9.25. The molecule has 3 fully saturated rings. The maximum absolute atomic E-state index is 12.8. The van der Waals surface area contributed by atoms with Crippen molar-refractivity contribution in [3.63, 3.8) is 0 Å². The zero-order chi connectivity index (χ0) is 17.2. The number of rotatable bonds is 4. The van der Waals surface area contributed by atoms with E-state index < -0.39 is 10.2 Å². The lowest BCUT2D eigenvalue weighted by Crippen LogP contribution is -2.57. The molecule has 3 rings (SSSR count). The van der Waals surface area contributed by atoms with Gasteiger partial charge >= 0.3 is 0 Å². The van der Waals surface area contributed by atoms with Gasteiger partial charge in [-0.05, 0) is 31.8 Å². The van der Waals surface area contributed by atoms with Crippen LogP contribution in [0.15, 0.2) is 0 Å². The van der Waals surface area contributed by atoms with E-state index in [4.69, 9.17) is 0 Å². The Bertz CT molecular complexity index is 534. The molecule has 8 heteroatoms. The van der Waals surface area contributed by atoms with E-state index in [1.807, 2.05) is 11.8 Å². The van der Waals surface area contributed by atoms with Gasteiger partial charge in [-0.3, -0.25) is 4.79 Å². The number of nitrogens with zero attached hydrogens (tertiary/aromatic N) is 3. The number of nitrogens with one attached hydrogen (secondary N) is 1. The quantitative estimate of drug-likeness (QED) is 0.774. The topological polar surface area (TPSA) is 73.0 Å². The minimum absolute atomic E-state index is 0.0278. The average molecular weight is 359 g/mol. The highest BCUT2D eigenvalue weighted by atomic mass is 32.2. The second-order valence-electron chi connectivity index (χ2n) is 7.25. The summed E-state index contributed by atoms with van der Waals surface area (Å²) in [5.41, 5.74) is 0. The molecule has 24 heavy (non-hydrogen) atoms. The van der Waals surface area contributed by atoms with Crippen LogP contribution < -0.4 is 5.32 Å². The van der Waals surface area contributed by atoms with E-state index in [0.717, 1.165) is 38.8 Å². The second-order valence-corrected chi connectivity index (χ2v) is 9.18. The normalized spacial score (nSPS) is 26.6. The average Bonchev–Trinajstić information content (AvgIpc) is 2.82. The van der Waals surface area contributed by atoms with Crippen molar-refractivity contribution in [2.75, 3.05) is 52.4 Å². The Balaban J connectivity index is 1.54. The van der Waals surface area contributed by atoms with E-state index in [-0.39, 0.29) is 11.8 Å². The maximum atomic E-state index is 12.8.